The molecule has 1 unspecified atom stereocenters. The topological polar surface area (TPSA) is 98.5 Å². The Morgan fingerprint density at radius 2 is 2.32 bits per heavy atom. The van der Waals surface area contributed by atoms with Gasteiger partial charge in [-0.2, -0.15) is 5.26 Å². The fourth-order valence-corrected chi connectivity index (χ4v) is 4.87. The number of nitrogens with two attached hydrogens (primary N) is 1. The highest BCUT2D eigenvalue weighted by Gasteiger charge is 2.29. The molecular weight excluding hydrogens is 417 g/mol. The predicted octanol–water partition coefficient (Wildman–Crippen LogP) is 4.52. The average Bonchev–Trinajstić information content (AvgIpc) is 3.07. The van der Waals surface area contributed by atoms with Crippen molar-refractivity contribution < 1.29 is 4.74 Å². The van der Waals surface area contributed by atoms with E-state index in [0.717, 1.165) is 17.8 Å². The Kier molecular flexibility index (Phi) is 6.57. The summed E-state index contributed by atoms with van der Waals surface area (Å²) in [7, 11) is 0. The number of nitriles is 1. The number of rotatable bonds is 5. The van der Waals surface area contributed by atoms with Crippen molar-refractivity contribution in [1.29, 1.82) is 10.7 Å². The van der Waals surface area contributed by atoms with Gasteiger partial charge in [-0.25, -0.2) is 4.99 Å². The van der Waals surface area contributed by atoms with Crippen LogP contribution in [0.3, 0.4) is 0 Å². The van der Waals surface area contributed by atoms with Crippen LogP contribution in [0.1, 0.15) is 23.8 Å². The lowest BCUT2D eigenvalue weighted by molar-refractivity contribution is 0.0386. The summed E-state index contributed by atoms with van der Waals surface area (Å²) < 4.78 is 5.76. The van der Waals surface area contributed by atoms with Gasteiger partial charge in [-0.15, -0.1) is 11.3 Å². The van der Waals surface area contributed by atoms with E-state index >= 15 is 0 Å². The number of thiophene rings is 1. The number of halogens is 2. The van der Waals surface area contributed by atoms with E-state index in [9.17, 15) is 5.26 Å². The molecule has 1 aliphatic heterocycles. The minimum Gasteiger partial charge on any atom is -0.382 e. The van der Waals surface area contributed by atoms with Crippen LogP contribution in [0, 0.1) is 16.7 Å². The standard InChI is InChI=1S/C19H19Cl2N5OS/c1-2-12-9-26(5-6-27-12)19-14(8-22)16(17(28-19)18(24)25-10-23)13-4-3-11(20)7-15(13)21/h3-4,7,10,12H,2,5-6,9H2,1H3,(H3,23,24,25). The van der Waals surface area contributed by atoms with E-state index in [1.54, 1.807) is 18.2 Å². The summed E-state index contributed by atoms with van der Waals surface area (Å²) >= 11 is 13.9. The number of morpholine rings is 1. The lowest BCUT2D eigenvalue weighted by atomic mass is 10.0. The average molecular weight is 436 g/mol. The van der Waals surface area contributed by atoms with E-state index in [4.69, 9.17) is 39.1 Å². The number of hydrogen-bond donors (Lipinski definition) is 2. The van der Waals surface area contributed by atoms with E-state index in [1.807, 2.05) is 0 Å². The van der Waals surface area contributed by atoms with Crippen molar-refractivity contribution in [2.24, 2.45) is 10.7 Å². The summed E-state index contributed by atoms with van der Waals surface area (Å²) in [5.74, 6) is 0.170. The molecule has 0 saturated carbocycles. The zero-order chi connectivity index (χ0) is 20.3. The Morgan fingerprint density at radius 1 is 1.54 bits per heavy atom. The second kappa shape index (κ2) is 8.93. The van der Waals surface area contributed by atoms with Crippen LogP contribution in [0.5, 0.6) is 0 Å². The van der Waals surface area contributed by atoms with Gasteiger partial charge in [0.2, 0.25) is 0 Å². The molecule has 2 heterocycles. The molecule has 146 valence electrons. The highest BCUT2D eigenvalue weighted by atomic mass is 35.5. The minimum atomic E-state index is 0.112. The van der Waals surface area contributed by atoms with Gasteiger partial charge in [-0.1, -0.05) is 36.2 Å². The van der Waals surface area contributed by atoms with E-state index in [1.165, 1.54) is 11.3 Å². The molecule has 0 radical (unpaired) electrons. The van der Waals surface area contributed by atoms with Gasteiger partial charge >= 0.3 is 0 Å². The van der Waals surface area contributed by atoms with Gasteiger partial charge in [0, 0.05) is 34.3 Å². The normalized spacial score (nSPS) is 17.4. The Morgan fingerprint density at radius 3 is 2.96 bits per heavy atom. The van der Waals surface area contributed by atoms with Crippen molar-refractivity contribution in [2.75, 3.05) is 24.6 Å². The summed E-state index contributed by atoms with van der Waals surface area (Å²) in [5.41, 5.74) is 7.89. The summed E-state index contributed by atoms with van der Waals surface area (Å²) in [6.45, 7) is 4.05. The zero-order valence-corrected chi connectivity index (χ0v) is 17.5. The number of benzene rings is 1. The number of nitrogens with one attached hydrogen (secondary N) is 1. The molecule has 6 nitrogen and oxygen atoms in total. The smallest absolute Gasteiger partial charge is 0.143 e. The molecule has 0 spiro atoms. The van der Waals surface area contributed by atoms with Crippen LogP contribution < -0.4 is 10.6 Å². The maximum atomic E-state index is 9.99. The number of nitrogens with zero attached hydrogens (tertiary/aromatic N) is 3. The predicted molar refractivity (Wildman–Crippen MR) is 116 cm³/mol. The fraction of sp³-hybridized carbons (Fsp3) is 0.316. The molecule has 1 aromatic heterocycles. The first-order chi connectivity index (χ1) is 13.5. The Hall–Kier alpha value is -2.11. The molecule has 1 atom stereocenters. The molecular formula is C19H19Cl2N5OS. The maximum Gasteiger partial charge on any atom is 0.143 e. The summed E-state index contributed by atoms with van der Waals surface area (Å²) in [5, 5.41) is 19.0. The van der Waals surface area contributed by atoms with Gasteiger partial charge in [0.25, 0.3) is 0 Å². The van der Waals surface area contributed by atoms with Gasteiger partial charge in [0.15, 0.2) is 0 Å². The lowest BCUT2D eigenvalue weighted by Crippen LogP contribution is -2.42. The molecule has 1 aromatic carbocycles. The van der Waals surface area contributed by atoms with E-state index in [-0.39, 0.29) is 11.9 Å². The second-order valence-corrected chi connectivity index (χ2v) is 8.06. The summed E-state index contributed by atoms with van der Waals surface area (Å²) in [6.07, 6.45) is 1.89. The van der Waals surface area contributed by atoms with Crippen LogP contribution in [-0.4, -0.2) is 38.0 Å². The zero-order valence-electron chi connectivity index (χ0n) is 15.2. The number of amidine groups is 1. The Labute approximate surface area is 177 Å². The summed E-state index contributed by atoms with van der Waals surface area (Å²) in [4.78, 5) is 6.68. The van der Waals surface area contributed by atoms with Crippen molar-refractivity contribution in [1.82, 2.24) is 0 Å². The van der Waals surface area contributed by atoms with E-state index in [0.29, 0.717) is 51.3 Å². The Bertz CT molecular complexity index is 966. The number of ether oxygens (including phenoxy) is 1. The third kappa shape index (κ3) is 4.01. The van der Waals surface area contributed by atoms with Crippen LogP contribution in [0.25, 0.3) is 11.1 Å². The monoisotopic (exact) mass is 435 g/mol. The molecule has 0 bridgehead atoms. The van der Waals surface area contributed by atoms with Gasteiger partial charge < -0.3 is 15.4 Å². The molecule has 2 aromatic rings. The lowest BCUT2D eigenvalue weighted by Gasteiger charge is -2.33. The maximum absolute atomic E-state index is 9.99. The van der Waals surface area contributed by atoms with Crippen molar-refractivity contribution in [3.8, 4) is 17.2 Å². The van der Waals surface area contributed by atoms with Gasteiger partial charge in [-0.3, -0.25) is 5.41 Å². The third-order valence-electron chi connectivity index (χ3n) is 4.52. The molecule has 3 rings (SSSR count). The van der Waals surface area contributed by atoms with Crippen LogP contribution >= 0.6 is 34.5 Å². The highest BCUT2D eigenvalue weighted by molar-refractivity contribution is 7.19. The van der Waals surface area contributed by atoms with Crippen LogP contribution in [-0.2, 0) is 4.74 Å². The SMILES string of the molecule is CCC1CN(c2sc(C(N)=NC=N)c(-c3ccc(Cl)cc3Cl)c2C#N)CCO1. The molecule has 3 N–H and O–H groups in total. The number of aliphatic imine (C=N–C) groups is 1. The third-order valence-corrected chi connectivity index (χ3v) is 6.34. The van der Waals surface area contributed by atoms with E-state index < -0.39 is 0 Å². The second-order valence-electron chi connectivity index (χ2n) is 6.21. The van der Waals surface area contributed by atoms with E-state index in [2.05, 4.69) is 22.9 Å². The molecule has 0 aliphatic carbocycles. The number of hydrogen-bond acceptors (Lipinski definition) is 5. The quantitative estimate of drug-likeness (QED) is 0.532. The molecule has 1 aliphatic rings. The van der Waals surface area contributed by atoms with Crippen molar-refractivity contribution in [3.05, 3.63) is 38.7 Å². The first-order valence-electron chi connectivity index (χ1n) is 8.71. The molecule has 0 amide bonds. The molecule has 1 fully saturated rings. The van der Waals surface area contributed by atoms with Crippen LogP contribution in [0.15, 0.2) is 23.2 Å². The molecule has 1 saturated heterocycles. The van der Waals surface area contributed by atoms with Crippen LogP contribution in [0.2, 0.25) is 10.0 Å². The number of anilines is 1. The van der Waals surface area contributed by atoms with Gasteiger partial charge in [-0.05, 0) is 18.6 Å². The minimum absolute atomic E-state index is 0.112. The Balaban J connectivity index is 2.22. The summed E-state index contributed by atoms with van der Waals surface area (Å²) in [6, 6.07) is 7.44. The van der Waals surface area contributed by atoms with Gasteiger partial charge in [0.05, 0.1) is 23.2 Å². The van der Waals surface area contributed by atoms with Crippen LogP contribution in [0.4, 0.5) is 5.00 Å². The fourth-order valence-electron chi connectivity index (χ4n) is 3.15. The highest BCUT2D eigenvalue weighted by Crippen LogP contribution is 2.44. The van der Waals surface area contributed by atoms with Crippen molar-refractivity contribution in [3.63, 3.8) is 0 Å². The van der Waals surface area contributed by atoms with Crippen molar-refractivity contribution in [2.45, 2.75) is 19.4 Å². The van der Waals surface area contributed by atoms with Gasteiger partial charge in [0.1, 0.15) is 23.2 Å². The first-order valence-corrected chi connectivity index (χ1v) is 10.3. The first kappa shape index (κ1) is 20.6. The largest absolute Gasteiger partial charge is 0.382 e. The van der Waals surface area contributed by atoms with Crippen molar-refractivity contribution >= 4 is 51.7 Å². The molecule has 28 heavy (non-hydrogen) atoms. The molecule has 9 heteroatoms.